The number of hydrogen-bond acceptors (Lipinski definition) is 7. The van der Waals surface area contributed by atoms with Gasteiger partial charge in [-0.25, -0.2) is 13.1 Å². The first-order chi connectivity index (χ1) is 16.9. The van der Waals surface area contributed by atoms with Gasteiger partial charge in [0.15, 0.2) is 11.0 Å². The summed E-state index contributed by atoms with van der Waals surface area (Å²) in [5, 5.41) is 20.1. The van der Waals surface area contributed by atoms with E-state index in [4.69, 9.17) is 0 Å². The van der Waals surface area contributed by atoms with Crippen LogP contribution in [0.1, 0.15) is 56.8 Å². The van der Waals surface area contributed by atoms with Crippen LogP contribution in [-0.2, 0) is 22.3 Å². The number of nitro benzene ring substituents is 1. The summed E-state index contributed by atoms with van der Waals surface area (Å²) in [6.45, 7) is 2.13. The second kappa shape index (κ2) is 13.4. The second-order valence-electron chi connectivity index (χ2n) is 8.19. The summed E-state index contributed by atoms with van der Waals surface area (Å²) >= 11 is 1.46. The molecule has 35 heavy (non-hydrogen) atoms. The highest BCUT2D eigenvalue weighted by Gasteiger charge is 2.18. The molecule has 0 saturated carbocycles. The van der Waals surface area contributed by atoms with Crippen LogP contribution < -0.4 is 4.72 Å². The van der Waals surface area contributed by atoms with Crippen molar-refractivity contribution >= 4 is 27.5 Å². The molecule has 1 N–H and O–H groups in total. The minimum Gasteiger partial charge on any atom is -0.273 e. The van der Waals surface area contributed by atoms with Crippen LogP contribution in [0.15, 0.2) is 59.8 Å². The molecule has 188 valence electrons. The lowest BCUT2D eigenvalue weighted by atomic mass is 10.1. The van der Waals surface area contributed by atoms with E-state index in [1.165, 1.54) is 30.3 Å². The molecule has 9 nitrogen and oxygen atoms in total. The van der Waals surface area contributed by atoms with Crippen LogP contribution >= 0.6 is 11.8 Å². The molecule has 1 heterocycles. The SMILES string of the molecule is CCCCCCCCS(=O)(=O)NCc1nnc(SCc2ccccc2)n1-c1ccc([N+](=O)[O-])cc1. The van der Waals surface area contributed by atoms with Gasteiger partial charge in [-0.05, 0) is 24.1 Å². The number of rotatable bonds is 15. The molecular formula is C24H31N5O4S2. The van der Waals surface area contributed by atoms with Gasteiger partial charge >= 0.3 is 0 Å². The summed E-state index contributed by atoms with van der Waals surface area (Å²) in [5.41, 5.74) is 1.71. The van der Waals surface area contributed by atoms with E-state index in [0.29, 0.717) is 28.8 Å². The number of non-ortho nitro benzene ring substituents is 1. The molecule has 0 aliphatic carbocycles. The summed E-state index contributed by atoms with van der Waals surface area (Å²) < 4.78 is 29.4. The molecule has 0 saturated heterocycles. The number of nitrogens with one attached hydrogen (secondary N) is 1. The van der Waals surface area contributed by atoms with Gasteiger partial charge in [0.1, 0.15) is 0 Å². The first kappa shape index (κ1) is 26.8. The molecule has 3 rings (SSSR count). The number of thioether (sulfide) groups is 1. The van der Waals surface area contributed by atoms with Gasteiger partial charge in [-0.2, -0.15) is 0 Å². The molecule has 0 bridgehead atoms. The lowest BCUT2D eigenvalue weighted by Gasteiger charge is -2.11. The van der Waals surface area contributed by atoms with Gasteiger partial charge in [0.05, 0.1) is 17.2 Å². The van der Waals surface area contributed by atoms with Crippen molar-refractivity contribution in [1.29, 1.82) is 0 Å². The van der Waals surface area contributed by atoms with Crippen LogP contribution in [0.25, 0.3) is 5.69 Å². The van der Waals surface area contributed by atoms with E-state index in [1.807, 2.05) is 30.3 Å². The number of hydrogen-bond donors (Lipinski definition) is 1. The van der Waals surface area contributed by atoms with Crippen molar-refractivity contribution in [2.75, 3.05) is 5.75 Å². The Balaban J connectivity index is 1.72. The van der Waals surface area contributed by atoms with Gasteiger partial charge in [-0.1, -0.05) is 81.1 Å². The largest absolute Gasteiger partial charge is 0.273 e. The molecule has 1 aromatic heterocycles. The summed E-state index contributed by atoms with van der Waals surface area (Å²) in [6, 6.07) is 15.9. The Morgan fingerprint density at radius 2 is 1.66 bits per heavy atom. The highest BCUT2D eigenvalue weighted by molar-refractivity contribution is 7.98. The quantitative estimate of drug-likeness (QED) is 0.127. The number of aromatic nitrogens is 3. The monoisotopic (exact) mass is 517 g/mol. The van der Waals surface area contributed by atoms with Crippen molar-refractivity contribution in [2.45, 2.75) is 62.9 Å². The Kier molecular flexibility index (Phi) is 10.2. The topological polar surface area (TPSA) is 120 Å². The molecule has 0 aliphatic rings. The highest BCUT2D eigenvalue weighted by Crippen LogP contribution is 2.26. The Morgan fingerprint density at radius 1 is 0.971 bits per heavy atom. The zero-order valence-corrected chi connectivity index (χ0v) is 21.4. The molecule has 0 amide bonds. The fourth-order valence-corrected chi connectivity index (χ4v) is 5.54. The molecule has 0 unspecified atom stereocenters. The molecule has 11 heteroatoms. The lowest BCUT2D eigenvalue weighted by molar-refractivity contribution is -0.384. The van der Waals surface area contributed by atoms with E-state index < -0.39 is 14.9 Å². The number of nitro groups is 1. The first-order valence-corrected chi connectivity index (χ1v) is 14.4. The van der Waals surface area contributed by atoms with Crippen molar-refractivity contribution in [3.8, 4) is 5.69 Å². The lowest BCUT2D eigenvalue weighted by Crippen LogP contribution is -2.27. The van der Waals surface area contributed by atoms with Crippen molar-refractivity contribution in [3.63, 3.8) is 0 Å². The van der Waals surface area contributed by atoms with Gasteiger partial charge in [0.25, 0.3) is 5.69 Å². The number of benzene rings is 2. The number of nitrogens with zero attached hydrogens (tertiary/aromatic N) is 4. The van der Waals surface area contributed by atoms with Gasteiger partial charge in [-0.15, -0.1) is 10.2 Å². The third-order valence-electron chi connectivity index (χ3n) is 5.45. The van der Waals surface area contributed by atoms with E-state index in [0.717, 1.165) is 31.2 Å². The third kappa shape index (κ3) is 8.44. The summed E-state index contributed by atoms with van der Waals surface area (Å²) in [6.07, 6.45) is 6.01. The molecule has 0 spiro atoms. The summed E-state index contributed by atoms with van der Waals surface area (Å²) in [4.78, 5) is 10.6. The maximum Gasteiger partial charge on any atom is 0.269 e. The van der Waals surface area contributed by atoms with E-state index in [2.05, 4.69) is 21.8 Å². The fraction of sp³-hybridized carbons (Fsp3) is 0.417. The maximum atomic E-state index is 12.5. The van der Waals surface area contributed by atoms with E-state index in [1.54, 1.807) is 16.7 Å². The van der Waals surface area contributed by atoms with E-state index >= 15 is 0 Å². The normalized spacial score (nSPS) is 11.6. The van der Waals surface area contributed by atoms with Crippen molar-refractivity contribution in [3.05, 3.63) is 76.1 Å². The Bertz CT molecular complexity index is 1180. The van der Waals surface area contributed by atoms with Crippen LogP contribution in [0.3, 0.4) is 0 Å². The van der Waals surface area contributed by atoms with Gasteiger partial charge in [0.2, 0.25) is 10.0 Å². The molecule has 3 aromatic rings. The van der Waals surface area contributed by atoms with Crippen LogP contribution in [0.4, 0.5) is 5.69 Å². The van der Waals surface area contributed by atoms with Crippen LogP contribution in [0, 0.1) is 10.1 Å². The van der Waals surface area contributed by atoms with Gasteiger partial charge < -0.3 is 0 Å². The number of sulfonamides is 1. The average Bonchev–Trinajstić information content (AvgIpc) is 3.27. The minimum absolute atomic E-state index is 0.0198. The van der Waals surface area contributed by atoms with Crippen molar-refractivity contribution < 1.29 is 13.3 Å². The van der Waals surface area contributed by atoms with Gasteiger partial charge in [-0.3, -0.25) is 14.7 Å². The van der Waals surface area contributed by atoms with Gasteiger partial charge in [0, 0.05) is 23.6 Å². The molecule has 0 fully saturated rings. The predicted molar refractivity (Wildman–Crippen MR) is 138 cm³/mol. The summed E-state index contributed by atoms with van der Waals surface area (Å²) in [5.74, 6) is 1.14. The predicted octanol–water partition coefficient (Wildman–Crippen LogP) is 5.25. The first-order valence-electron chi connectivity index (χ1n) is 11.7. The highest BCUT2D eigenvalue weighted by atomic mass is 32.2. The second-order valence-corrected chi connectivity index (χ2v) is 11.1. The van der Waals surface area contributed by atoms with Crippen molar-refractivity contribution in [2.24, 2.45) is 0 Å². The maximum absolute atomic E-state index is 12.5. The zero-order chi connectivity index (χ0) is 25.1. The molecule has 0 radical (unpaired) electrons. The molecule has 2 aromatic carbocycles. The Morgan fingerprint density at radius 3 is 2.34 bits per heavy atom. The van der Waals surface area contributed by atoms with Crippen LogP contribution in [-0.4, -0.2) is 33.9 Å². The van der Waals surface area contributed by atoms with E-state index in [-0.39, 0.29) is 18.0 Å². The smallest absolute Gasteiger partial charge is 0.269 e. The van der Waals surface area contributed by atoms with Crippen molar-refractivity contribution in [1.82, 2.24) is 19.5 Å². The van der Waals surface area contributed by atoms with Crippen LogP contribution in [0.5, 0.6) is 0 Å². The summed E-state index contributed by atoms with van der Waals surface area (Å²) in [7, 11) is -3.46. The standard InChI is InChI=1S/C24H31N5O4S2/c1-2-3-4-5-6-10-17-35(32,33)25-18-23-26-27-24(34-19-20-11-8-7-9-12-20)28(23)21-13-15-22(16-14-21)29(30)31/h7-9,11-16,25H,2-6,10,17-19H2,1H3. The molecule has 0 aliphatic heterocycles. The van der Waals surface area contributed by atoms with Crippen LogP contribution in [0.2, 0.25) is 0 Å². The molecular weight excluding hydrogens is 486 g/mol. The minimum atomic E-state index is -3.46. The zero-order valence-electron chi connectivity index (χ0n) is 19.8. The number of unbranched alkanes of at least 4 members (excludes halogenated alkanes) is 5. The third-order valence-corrected chi connectivity index (χ3v) is 7.86. The molecule has 0 atom stereocenters. The average molecular weight is 518 g/mol. The fourth-order valence-electron chi connectivity index (χ4n) is 3.53. The Hall–Kier alpha value is -2.76. The van der Waals surface area contributed by atoms with E-state index in [9.17, 15) is 18.5 Å². The Labute approximate surface area is 210 Å².